The first-order valence-electron chi connectivity index (χ1n) is 7.25. The van der Waals surface area contributed by atoms with Crippen molar-refractivity contribution in [1.29, 1.82) is 0 Å². The third-order valence-electron chi connectivity index (χ3n) is 2.66. The molecule has 0 radical (unpaired) electrons. The number of rotatable bonds is 11. The maximum absolute atomic E-state index is 11.2. The molecule has 0 aromatic rings. The van der Waals surface area contributed by atoms with Crippen LogP contribution in [0.25, 0.3) is 0 Å². The van der Waals surface area contributed by atoms with Crippen molar-refractivity contribution < 1.29 is 20.9 Å². The highest BCUT2D eigenvalue weighted by Crippen LogP contribution is 2.11. The lowest BCUT2D eigenvalue weighted by molar-refractivity contribution is -0.113. The van der Waals surface area contributed by atoms with Crippen LogP contribution in [0.1, 0.15) is 54.4 Å². The Labute approximate surface area is 127 Å². The first-order valence-corrected chi connectivity index (χ1v) is 8.66. The third kappa shape index (κ3) is 9.38. The van der Waals surface area contributed by atoms with Gasteiger partial charge in [-0.15, -0.1) is 0 Å². The number of allylic oxidation sites excluding steroid dienone is 1. The predicted molar refractivity (Wildman–Crippen MR) is 78.9 cm³/mol. The van der Waals surface area contributed by atoms with E-state index >= 15 is 0 Å². The molecule has 0 N–H and O–H groups in total. The molecular weight excluding hydrogens is 275 g/mol. The van der Waals surface area contributed by atoms with Crippen LogP contribution in [0.4, 0.5) is 0 Å². The molecule has 20 heavy (non-hydrogen) atoms. The van der Waals surface area contributed by atoms with Crippen molar-refractivity contribution in [3.05, 3.63) is 12.0 Å². The molecule has 0 rings (SSSR count). The van der Waals surface area contributed by atoms with Gasteiger partial charge in [-0.3, -0.25) is 4.79 Å². The summed E-state index contributed by atoms with van der Waals surface area (Å²) in [6, 6.07) is 0. The van der Waals surface area contributed by atoms with E-state index in [0.717, 1.165) is 12.8 Å². The van der Waals surface area contributed by atoms with Crippen LogP contribution >= 0.6 is 0 Å². The predicted octanol–water partition coefficient (Wildman–Crippen LogP) is 3.09. The van der Waals surface area contributed by atoms with Crippen LogP contribution in [0, 0.1) is 0 Å². The van der Waals surface area contributed by atoms with Crippen LogP contribution in [-0.2, 0) is 20.9 Å². The standard InChI is InChI=1S/C6H10O3.2C4H9O.Al/c1-3-9-6(8)4-5(2)7;2*1-3-4(2)5;/h4,8H,3H2,1-2H3;2*4H,3H2,1-2H3;/q;2*-1;+3/p-1/b6-4+;;;. The molecule has 6 heteroatoms. The van der Waals surface area contributed by atoms with Gasteiger partial charge in [-0.25, -0.2) is 0 Å². The molecule has 0 aromatic carbocycles. The van der Waals surface area contributed by atoms with Crippen molar-refractivity contribution in [2.45, 2.75) is 66.6 Å². The zero-order chi connectivity index (χ0) is 15.5. The normalized spacial score (nSPS) is 14.6. The summed E-state index contributed by atoms with van der Waals surface area (Å²) >= 11 is -2.38. The zero-order valence-corrected chi connectivity index (χ0v) is 14.6. The van der Waals surface area contributed by atoms with Gasteiger partial charge in [-0.2, -0.15) is 0 Å². The number of carbonyl (C=O) groups excluding carboxylic acids is 1. The first-order chi connectivity index (χ1) is 9.42. The van der Waals surface area contributed by atoms with E-state index in [2.05, 4.69) is 0 Å². The maximum atomic E-state index is 11.2. The van der Waals surface area contributed by atoms with E-state index in [1.807, 2.05) is 34.6 Å². The first kappa shape index (κ1) is 19.5. The van der Waals surface area contributed by atoms with Crippen molar-refractivity contribution in [2.24, 2.45) is 0 Å². The Balaban J connectivity index is 4.76. The summed E-state index contributed by atoms with van der Waals surface area (Å²) in [5, 5.41) is 0. The Morgan fingerprint density at radius 1 is 1.10 bits per heavy atom. The number of ether oxygens (including phenoxy) is 1. The van der Waals surface area contributed by atoms with Crippen molar-refractivity contribution in [3.63, 3.8) is 0 Å². The average molecular weight is 302 g/mol. The molecule has 0 fully saturated rings. The largest absolute Gasteiger partial charge is 1.00 e. The van der Waals surface area contributed by atoms with E-state index in [1.54, 1.807) is 0 Å². The fraction of sp³-hybridized carbons (Fsp3) is 0.786. The average Bonchev–Trinajstić information content (AvgIpc) is 2.37. The fourth-order valence-corrected chi connectivity index (χ4v) is 2.82. The number of ketones is 1. The molecule has 0 saturated heterocycles. The summed E-state index contributed by atoms with van der Waals surface area (Å²) in [6.45, 7) is 11.7. The zero-order valence-electron chi connectivity index (χ0n) is 13.5. The maximum Gasteiger partial charge on any atom is 1.00 e. The van der Waals surface area contributed by atoms with Crippen LogP contribution in [0.5, 0.6) is 0 Å². The Morgan fingerprint density at radius 3 is 1.95 bits per heavy atom. The molecule has 116 valence electrons. The number of hydrogen-bond donors (Lipinski definition) is 0. The molecule has 0 spiro atoms. The highest BCUT2D eigenvalue weighted by Gasteiger charge is 2.39. The molecular formula is C14H27AlO5. The molecule has 0 aromatic heterocycles. The van der Waals surface area contributed by atoms with Crippen molar-refractivity contribution in [2.75, 3.05) is 6.61 Å². The summed E-state index contributed by atoms with van der Waals surface area (Å²) in [5.41, 5.74) is 0. The van der Waals surface area contributed by atoms with Crippen LogP contribution in [0.15, 0.2) is 12.0 Å². The SMILES string of the molecule is CCO/C(=C/C(C)=O)[O][Al]([O]C(C)CC)[O]C(C)CC. The van der Waals surface area contributed by atoms with Crippen LogP contribution < -0.4 is 0 Å². The van der Waals surface area contributed by atoms with Crippen molar-refractivity contribution in [1.82, 2.24) is 0 Å². The molecule has 0 aliphatic heterocycles. The number of hydrogen-bond acceptors (Lipinski definition) is 5. The topological polar surface area (TPSA) is 54.0 Å². The molecule has 0 aliphatic carbocycles. The van der Waals surface area contributed by atoms with Gasteiger partial charge in [0.2, 0.25) is 5.95 Å². The smallest absolute Gasteiger partial charge is 0.572 e. The van der Waals surface area contributed by atoms with Gasteiger partial charge >= 0.3 is 15.1 Å². The lowest BCUT2D eigenvalue weighted by Crippen LogP contribution is -2.34. The minimum atomic E-state index is -2.38. The summed E-state index contributed by atoms with van der Waals surface area (Å²) in [7, 11) is 0. The van der Waals surface area contributed by atoms with Gasteiger partial charge in [-0.1, -0.05) is 13.8 Å². The summed E-state index contributed by atoms with van der Waals surface area (Å²) in [6.07, 6.45) is 3.17. The quantitative estimate of drug-likeness (QED) is 0.333. The Hall–Kier alpha value is -0.538. The lowest BCUT2D eigenvalue weighted by atomic mass is 10.3. The third-order valence-corrected chi connectivity index (χ3v) is 4.46. The molecule has 2 unspecified atom stereocenters. The summed E-state index contributed by atoms with van der Waals surface area (Å²) < 4.78 is 22.6. The van der Waals surface area contributed by atoms with E-state index in [-0.39, 0.29) is 23.9 Å². The lowest BCUT2D eigenvalue weighted by Gasteiger charge is -2.22. The molecule has 0 heterocycles. The summed E-state index contributed by atoms with van der Waals surface area (Å²) in [4.78, 5) is 11.2. The van der Waals surface area contributed by atoms with Gasteiger partial charge in [-0.05, 0) is 40.5 Å². The second-order valence-electron chi connectivity index (χ2n) is 4.62. The highest BCUT2D eigenvalue weighted by molar-refractivity contribution is 6.36. The summed E-state index contributed by atoms with van der Waals surface area (Å²) in [5.74, 6) is 0.0524. The van der Waals surface area contributed by atoms with Crippen molar-refractivity contribution in [3.8, 4) is 0 Å². The van der Waals surface area contributed by atoms with Gasteiger partial charge in [0, 0.05) is 12.2 Å². The van der Waals surface area contributed by atoms with E-state index < -0.39 is 15.1 Å². The minimum absolute atomic E-state index is 0.0518. The van der Waals surface area contributed by atoms with Crippen LogP contribution in [0.2, 0.25) is 0 Å². The molecule has 5 nitrogen and oxygen atoms in total. The highest BCUT2D eigenvalue weighted by atomic mass is 27.3. The molecule has 0 saturated carbocycles. The van der Waals surface area contributed by atoms with Gasteiger partial charge < -0.3 is 16.1 Å². The number of carbonyl (C=O) groups is 1. The van der Waals surface area contributed by atoms with Crippen LogP contribution in [-0.4, -0.2) is 39.7 Å². The van der Waals surface area contributed by atoms with Crippen LogP contribution in [0.3, 0.4) is 0 Å². The fourth-order valence-electron chi connectivity index (χ4n) is 1.17. The van der Waals surface area contributed by atoms with Crippen molar-refractivity contribution >= 4 is 20.9 Å². The monoisotopic (exact) mass is 302 g/mol. The molecule has 2 atom stereocenters. The second-order valence-corrected chi connectivity index (χ2v) is 5.98. The van der Waals surface area contributed by atoms with E-state index in [0.29, 0.717) is 6.61 Å². The minimum Gasteiger partial charge on any atom is -0.572 e. The Morgan fingerprint density at radius 2 is 1.60 bits per heavy atom. The Kier molecular flexibility index (Phi) is 10.9. The molecule has 0 amide bonds. The van der Waals surface area contributed by atoms with Gasteiger partial charge in [0.1, 0.15) is 0 Å². The van der Waals surface area contributed by atoms with Gasteiger partial charge in [0.25, 0.3) is 0 Å². The second kappa shape index (κ2) is 11.2. The Bertz CT molecular complexity index is 294. The van der Waals surface area contributed by atoms with Gasteiger partial charge in [0.15, 0.2) is 5.78 Å². The van der Waals surface area contributed by atoms with E-state index in [9.17, 15) is 4.79 Å². The van der Waals surface area contributed by atoms with E-state index in [4.69, 9.17) is 16.1 Å². The van der Waals surface area contributed by atoms with E-state index in [1.165, 1.54) is 13.0 Å². The molecule has 0 bridgehead atoms. The molecule has 0 aliphatic rings. The van der Waals surface area contributed by atoms with Gasteiger partial charge in [0.05, 0.1) is 12.7 Å².